The molecule has 0 bridgehead atoms. The van der Waals surface area contributed by atoms with Crippen molar-refractivity contribution < 1.29 is 9.53 Å². The summed E-state index contributed by atoms with van der Waals surface area (Å²) >= 11 is 0. The number of likely N-dealkylation sites (tertiary alicyclic amines) is 1. The van der Waals surface area contributed by atoms with Gasteiger partial charge >= 0.3 is 6.09 Å². The molecule has 0 unspecified atom stereocenters. The SMILES string of the molecule is CC(C)(C)OC(=O)N[C@@H]1CCN(C(C)(C)C)C1. The van der Waals surface area contributed by atoms with Crippen molar-refractivity contribution in [3.05, 3.63) is 0 Å². The number of carbonyl (C=O) groups is 1. The van der Waals surface area contributed by atoms with Crippen molar-refractivity contribution in [2.75, 3.05) is 13.1 Å². The molecule has 17 heavy (non-hydrogen) atoms. The van der Waals surface area contributed by atoms with Gasteiger partial charge in [-0.15, -0.1) is 0 Å². The third kappa shape index (κ3) is 4.94. The molecule has 4 heteroatoms. The van der Waals surface area contributed by atoms with Crippen LogP contribution in [-0.4, -0.2) is 41.3 Å². The minimum Gasteiger partial charge on any atom is -0.444 e. The van der Waals surface area contributed by atoms with Gasteiger partial charge in [-0.25, -0.2) is 4.79 Å². The summed E-state index contributed by atoms with van der Waals surface area (Å²) in [7, 11) is 0. The van der Waals surface area contributed by atoms with E-state index in [9.17, 15) is 4.79 Å². The van der Waals surface area contributed by atoms with Crippen LogP contribution in [0.3, 0.4) is 0 Å². The molecule has 1 heterocycles. The zero-order chi connectivity index (χ0) is 13.3. The molecule has 1 aliphatic heterocycles. The summed E-state index contributed by atoms with van der Waals surface area (Å²) in [5.74, 6) is 0. The zero-order valence-corrected chi connectivity index (χ0v) is 12.0. The third-order valence-corrected chi connectivity index (χ3v) is 2.86. The van der Waals surface area contributed by atoms with Crippen LogP contribution in [0.2, 0.25) is 0 Å². The molecule has 1 atom stereocenters. The average molecular weight is 242 g/mol. The number of nitrogens with one attached hydrogen (secondary N) is 1. The number of alkyl carbamates (subject to hydrolysis) is 1. The number of hydrogen-bond acceptors (Lipinski definition) is 3. The van der Waals surface area contributed by atoms with E-state index in [2.05, 4.69) is 31.0 Å². The maximum atomic E-state index is 11.6. The maximum Gasteiger partial charge on any atom is 0.407 e. The predicted molar refractivity (Wildman–Crippen MR) is 69.1 cm³/mol. The normalized spacial score (nSPS) is 22.6. The Balaban J connectivity index is 2.38. The quantitative estimate of drug-likeness (QED) is 0.767. The Morgan fingerprint density at radius 1 is 1.24 bits per heavy atom. The molecule has 1 rings (SSSR count). The van der Waals surface area contributed by atoms with Crippen molar-refractivity contribution in [2.24, 2.45) is 0 Å². The standard InChI is InChI=1S/C13H26N2O2/c1-12(2,3)15-8-7-10(9-15)14-11(16)17-13(4,5)6/h10H,7-9H2,1-6H3,(H,14,16)/t10-/m1/s1. The summed E-state index contributed by atoms with van der Waals surface area (Å²) in [6.45, 7) is 14.2. The van der Waals surface area contributed by atoms with Gasteiger partial charge in [-0.3, -0.25) is 4.90 Å². The van der Waals surface area contributed by atoms with Crippen molar-refractivity contribution in [1.82, 2.24) is 10.2 Å². The molecule has 4 nitrogen and oxygen atoms in total. The Hall–Kier alpha value is -0.770. The van der Waals surface area contributed by atoms with E-state index >= 15 is 0 Å². The topological polar surface area (TPSA) is 41.6 Å². The van der Waals surface area contributed by atoms with E-state index < -0.39 is 5.60 Å². The summed E-state index contributed by atoms with van der Waals surface area (Å²) in [5.41, 5.74) is -0.253. The maximum absolute atomic E-state index is 11.6. The number of carbonyl (C=O) groups excluding carboxylic acids is 1. The fourth-order valence-corrected chi connectivity index (χ4v) is 1.96. The lowest BCUT2D eigenvalue weighted by Gasteiger charge is -2.31. The number of hydrogen-bond donors (Lipinski definition) is 1. The first-order valence-electron chi connectivity index (χ1n) is 6.32. The Morgan fingerprint density at radius 3 is 2.24 bits per heavy atom. The Morgan fingerprint density at radius 2 is 1.82 bits per heavy atom. The molecule has 100 valence electrons. The number of ether oxygens (including phenoxy) is 1. The fourth-order valence-electron chi connectivity index (χ4n) is 1.96. The van der Waals surface area contributed by atoms with E-state index in [4.69, 9.17) is 4.74 Å². The lowest BCUT2D eigenvalue weighted by atomic mass is 10.1. The molecule has 0 aromatic heterocycles. The summed E-state index contributed by atoms with van der Waals surface area (Å²) in [5, 5.41) is 2.93. The van der Waals surface area contributed by atoms with Crippen LogP contribution in [-0.2, 0) is 4.74 Å². The van der Waals surface area contributed by atoms with Crippen molar-refractivity contribution in [3.8, 4) is 0 Å². The van der Waals surface area contributed by atoms with E-state index in [0.717, 1.165) is 19.5 Å². The predicted octanol–water partition coefficient (Wildman–Crippen LogP) is 2.38. The van der Waals surface area contributed by atoms with Gasteiger partial charge < -0.3 is 10.1 Å². The summed E-state index contributed by atoms with van der Waals surface area (Å²) in [4.78, 5) is 14.0. The average Bonchev–Trinajstić information content (AvgIpc) is 2.47. The van der Waals surface area contributed by atoms with Crippen LogP contribution in [0.1, 0.15) is 48.0 Å². The van der Waals surface area contributed by atoms with E-state index in [0.29, 0.717) is 0 Å². The summed E-state index contributed by atoms with van der Waals surface area (Å²) in [6.07, 6.45) is 0.689. The van der Waals surface area contributed by atoms with Gasteiger partial charge in [0.05, 0.1) is 0 Å². The highest BCUT2D eigenvalue weighted by Gasteiger charge is 2.31. The van der Waals surface area contributed by atoms with Gasteiger partial charge in [0.15, 0.2) is 0 Å². The van der Waals surface area contributed by atoms with Crippen molar-refractivity contribution in [2.45, 2.75) is 65.1 Å². The van der Waals surface area contributed by atoms with Gasteiger partial charge in [-0.05, 0) is 48.0 Å². The van der Waals surface area contributed by atoms with E-state index in [1.807, 2.05) is 20.8 Å². The van der Waals surface area contributed by atoms with E-state index in [1.54, 1.807) is 0 Å². The minimum absolute atomic E-state index is 0.171. The highest BCUT2D eigenvalue weighted by Crippen LogP contribution is 2.20. The van der Waals surface area contributed by atoms with Crippen molar-refractivity contribution in [3.63, 3.8) is 0 Å². The van der Waals surface area contributed by atoms with Gasteiger partial charge in [0, 0.05) is 24.7 Å². The zero-order valence-electron chi connectivity index (χ0n) is 12.0. The van der Waals surface area contributed by atoms with Gasteiger partial charge in [-0.2, -0.15) is 0 Å². The molecule has 1 amide bonds. The van der Waals surface area contributed by atoms with Gasteiger partial charge in [0.1, 0.15) is 5.60 Å². The van der Waals surface area contributed by atoms with Crippen LogP contribution in [0.5, 0.6) is 0 Å². The molecule has 1 saturated heterocycles. The molecule has 0 saturated carbocycles. The smallest absolute Gasteiger partial charge is 0.407 e. The fraction of sp³-hybridized carbons (Fsp3) is 0.923. The highest BCUT2D eigenvalue weighted by molar-refractivity contribution is 5.68. The molecule has 1 aliphatic rings. The largest absolute Gasteiger partial charge is 0.444 e. The summed E-state index contributed by atoms with van der Waals surface area (Å²) < 4.78 is 5.25. The molecule has 0 radical (unpaired) electrons. The van der Waals surface area contributed by atoms with E-state index in [-0.39, 0.29) is 17.7 Å². The van der Waals surface area contributed by atoms with Crippen LogP contribution >= 0.6 is 0 Å². The van der Waals surface area contributed by atoms with Crippen LogP contribution in [0.15, 0.2) is 0 Å². The molecule has 1 N–H and O–H groups in total. The molecule has 0 aromatic rings. The molecular weight excluding hydrogens is 216 g/mol. The first-order chi connectivity index (χ1) is 7.58. The molecule has 0 aromatic carbocycles. The van der Waals surface area contributed by atoms with Crippen molar-refractivity contribution in [1.29, 1.82) is 0 Å². The highest BCUT2D eigenvalue weighted by atomic mass is 16.6. The number of amides is 1. The van der Waals surface area contributed by atoms with Crippen molar-refractivity contribution >= 4 is 6.09 Å². The second-order valence-electron chi connectivity index (χ2n) is 6.75. The first kappa shape index (κ1) is 14.3. The first-order valence-corrected chi connectivity index (χ1v) is 6.32. The molecule has 0 aliphatic carbocycles. The Kier molecular flexibility index (Phi) is 4.07. The van der Waals surface area contributed by atoms with Gasteiger partial charge in [-0.1, -0.05) is 0 Å². The molecule has 0 spiro atoms. The second-order valence-corrected chi connectivity index (χ2v) is 6.75. The Bertz CT molecular complexity index is 276. The summed E-state index contributed by atoms with van der Waals surface area (Å²) in [6, 6.07) is 0.212. The van der Waals surface area contributed by atoms with E-state index in [1.165, 1.54) is 0 Å². The number of rotatable bonds is 1. The Labute approximate surface area is 105 Å². The minimum atomic E-state index is -0.424. The third-order valence-electron chi connectivity index (χ3n) is 2.86. The van der Waals surface area contributed by atoms with Gasteiger partial charge in [0.2, 0.25) is 0 Å². The lowest BCUT2D eigenvalue weighted by Crippen LogP contribution is -2.44. The van der Waals surface area contributed by atoms with Crippen LogP contribution in [0.25, 0.3) is 0 Å². The molecular formula is C13H26N2O2. The van der Waals surface area contributed by atoms with Crippen LogP contribution in [0.4, 0.5) is 4.79 Å². The van der Waals surface area contributed by atoms with Gasteiger partial charge in [0.25, 0.3) is 0 Å². The van der Waals surface area contributed by atoms with Crippen LogP contribution in [0, 0.1) is 0 Å². The monoisotopic (exact) mass is 242 g/mol. The van der Waals surface area contributed by atoms with Crippen LogP contribution < -0.4 is 5.32 Å². The lowest BCUT2D eigenvalue weighted by molar-refractivity contribution is 0.0501. The second kappa shape index (κ2) is 4.84. The molecule has 1 fully saturated rings. The number of nitrogens with zero attached hydrogens (tertiary/aromatic N) is 1.